The second kappa shape index (κ2) is 8.89. The van der Waals surface area contributed by atoms with Gasteiger partial charge in [0.1, 0.15) is 11.1 Å². The number of hydrogen-bond donors (Lipinski definition) is 1. The molecule has 1 aromatic heterocycles. The Labute approximate surface area is 156 Å². The molecule has 1 N–H and O–H groups in total. The SMILES string of the molecule is COc1cc(C#N)ccc1OCCCC(=O)Nc1sc(C)c(C)c1C#N. The van der Waals surface area contributed by atoms with Gasteiger partial charge in [-0.05, 0) is 38.0 Å². The van der Waals surface area contributed by atoms with E-state index in [1.54, 1.807) is 18.2 Å². The molecule has 0 unspecified atom stereocenters. The highest BCUT2D eigenvalue weighted by atomic mass is 32.1. The molecular weight excluding hydrogens is 350 g/mol. The summed E-state index contributed by atoms with van der Waals surface area (Å²) in [5.41, 5.74) is 1.92. The molecule has 134 valence electrons. The molecule has 0 aliphatic rings. The number of amides is 1. The van der Waals surface area contributed by atoms with Gasteiger partial charge in [0.25, 0.3) is 0 Å². The van der Waals surface area contributed by atoms with Crippen LogP contribution in [0.5, 0.6) is 11.5 Å². The summed E-state index contributed by atoms with van der Waals surface area (Å²) < 4.78 is 10.8. The number of anilines is 1. The Kier molecular flexibility index (Phi) is 6.60. The van der Waals surface area contributed by atoms with Crippen molar-refractivity contribution in [3.63, 3.8) is 0 Å². The predicted molar refractivity (Wildman–Crippen MR) is 99.6 cm³/mol. The summed E-state index contributed by atoms with van der Waals surface area (Å²) in [4.78, 5) is 13.1. The van der Waals surface area contributed by atoms with Crippen LogP contribution in [-0.2, 0) is 4.79 Å². The van der Waals surface area contributed by atoms with Gasteiger partial charge in [-0.25, -0.2) is 0 Å². The molecule has 2 aromatic rings. The monoisotopic (exact) mass is 369 g/mol. The number of aryl methyl sites for hydroxylation is 1. The molecule has 6 nitrogen and oxygen atoms in total. The van der Waals surface area contributed by atoms with Crippen LogP contribution in [0.2, 0.25) is 0 Å². The van der Waals surface area contributed by atoms with E-state index in [2.05, 4.69) is 11.4 Å². The first-order valence-electron chi connectivity index (χ1n) is 8.01. The normalized spacial score (nSPS) is 9.88. The maximum absolute atomic E-state index is 12.1. The summed E-state index contributed by atoms with van der Waals surface area (Å²) in [6, 6.07) is 9.10. The molecule has 1 heterocycles. The van der Waals surface area contributed by atoms with Gasteiger partial charge in [-0.2, -0.15) is 10.5 Å². The highest BCUT2D eigenvalue weighted by Crippen LogP contribution is 2.32. The molecule has 7 heteroatoms. The molecule has 1 aromatic carbocycles. The molecule has 0 radical (unpaired) electrons. The largest absolute Gasteiger partial charge is 0.493 e. The summed E-state index contributed by atoms with van der Waals surface area (Å²) in [6.07, 6.45) is 0.791. The van der Waals surface area contributed by atoms with Crippen LogP contribution >= 0.6 is 11.3 Å². The van der Waals surface area contributed by atoms with Crippen molar-refractivity contribution in [2.75, 3.05) is 19.0 Å². The van der Waals surface area contributed by atoms with Gasteiger partial charge in [-0.3, -0.25) is 4.79 Å². The van der Waals surface area contributed by atoms with Crippen LogP contribution in [0.4, 0.5) is 5.00 Å². The van der Waals surface area contributed by atoms with E-state index in [4.69, 9.17) is 14.7 Å². The lowest BCUT2D eigenvalue weighted by molar-refractivity contribution is -0.116. The van der Waals surface area contributed by atoms with Gasteiger partial charge in [0.2, 0.25) is 5.91 Å². The van der Waals surface area contributed by atoms with E-state index < -0.39 is 0 Å². The Morgan fingerprint density at radius 1 is 1.23 bits per heavy atom. The molecule has 2 rings (SSSR count). The van der Waals surface area contributed by atoms with Crippen LogP contribution in [0, 0.1) is 36.5 Å². The fourth-order valence-corrected chi connectivity index (χ4v) is 3.34. The van der Waals surface area contributed by atoms with E-state index in [0.29, 0.717) is 40.7 Å². The van der Waals surface area contributed by atoms with E-state index in [1.807, 2.05) is 19.9 Å². The molecule has 1 amide bonds. The fourth-order valence-electron chi connectivity index (χ4n) is 2.31. The first-order valence-corrected chi connectivity index (χ1v) is 8.82. The van der Waals surface area contributed by atoms with Crippen molar-refractivity contribution < 1.29 is 14.3 Å². The zero-order valence-electron chi connectivity index (χ0n) is 14.9. The summed E-state index contributed by atoms with van der Waals surface area (Å²) >= 11 is 1.41. The highest BCUT2D eigenvalue weighted by molar-refractivity contribution is 7.16. The number of nitriles is 2. The van der Waals surface area contributed by atoms with Crippen LogP contribution in [-0.4, -0.2) is 19.6 Å². The first kappa shape index (κ1) is 19.3. The van der Waals surface area contributed by atoms with Crippen molar-refractivity contribution in [2.24, 2.45) is 0 Å². The van der Waals surface area contributed by atoms with Crippen LogP contribution in [0.3, 0.4) is 0 Å². The second-order valence-corrected chi connectivity index (χ2v) is 6.80. The zero-order chi connectivity index (χ0) is 19.1. The summed E-state index contributed by atoms with van der Waals surface area (Å²) in [7, 11) is 1.51. The van der Waals surface area contributed by atoms with Crippen molar-refractivity contribution >= 4 is 22.2 Å². The van der Waals surface area contributed by atoms with Crippen molar-refractivity contribution in [3.8, 4) is 23.6 Å². The van der Waals surface area contributed by atoms with E-state index >= 15 is 0 Å². The number of carbonyl (C=O) groups excluding carboxylic acids is 1. The molecule has 0 saturated heterocycles. The highest BCUT2D eigenvalue weighted by Gasteiger charge is 2.14. The lowest BCUT2D eigenvalue weighted by Gasteiger charge is -2.10. The molecule has 0 spiro atoms. The van der Waals surface area contributed by atoms with E-state index in [-0.39, 0.29) is 12.3 Å². The minimum absolute atomic E-state index is 0.154. The van der Waals surface area contributed by atoms with Crippen LogP contribution in [0.1, 0.15) is 34.4 Å². The standard InChI is InChI=1S/C19H19N3O3S/c1-12-13(2)26-19(15(12)11-21)22-18(23)5-4-8-25-16-7-6-14(10-20)9-17(16)24-3/h6-7,9H,4-5,8H2,1-3H3,(H,22,23). The summed E-state index contributed by atoms with van der Waals surface area (Å²) in [6.45, 7) is 4.14. The lowest BCUT2D eigenvalue weighted by atomic mass is 10.2. The number of nitrogens with zero attached hydrogens (tertiary/aromatic N) is 2. The predicted octanol–water partition coefficient (Wildman–Crippen LogP) is 3.91. The number of rotatable bonds is 7. The molecule has 0 aliphatic heterocycles. The number of methoxy groups -OCH3 is 1. The third kappa shape index (κ3) is 4.53. The smallest absolute Gasteiger partial charge is 0.225 e. The van der Waals surface area contributed by atoms with Crippen LogP contribution in [0.25, 0.3) is 0 Å². The molecule has 26 heavy (non-hydrogen) atoms. The van der Waals surface area contributed by atoms with Gasteiger partial charge < -0.3 is 14.8 Å². The molecule has 0 saturated carbocycles. The molecule has 0 fully saturated rings. The van der Waals surface area contributed by atoms with Crippen molar-refractivity contribution in [2.45, 2.75) is 26.7 Å². The maximum Gasteiger partial charge on any atom is 0.225 e. The molecular formula is C19H19N3O3S. The second-order valence-electron chi connectivity index (χ2n) is 5.58. The number of nitrogens with one attached hydrogen (secondary N) is 1. The number of hydrogen-bond acceptors (Lipinski definition) is 6. The molecule has 0 bridgehead atoms. The number of ether oxygens (including phenoxy) is 2. The fraction of sp³-hybridized carbons (Fsp3) is 0.316. The minimum atomic E-state index is -0.154. The van der Waals surface area contributed by atoms with Gasteiger partial charge in [0.15, 0.2) is 11.5 Å². The summed E-state index contributed by atoms with van der Waals surface area (Å²) in [5.74, 6) is 0.859. The number of thiophene rings is 1. The first-order chi connectivity index (χ1) is 12.5. The van der Waals surface area contributed by atoms with Crippen molar-refractivity contribution in [3.05, 3.63) is 39.8 Å². The zero-order valence-corrected chi connectivity index (χ0v) is 15.7. The molecule has 0 atom stereocenters. The number of benzene rings is 1. The number of carbonyl (C=O) groups is 1. The lowest BCUT2D eigenvalue weighted by Crippen LogP contribution is -2.12. The van der Waals surface area contributed by atoms with Crippen molar-refractivity contribution in [1.29, 1.82) is 10.5 Å². The van der Waals surface area contributed by atoms with Crippen LogP contribution in [0.15, 0.2) is 18.2 Å². The van der Waals surface area contributed by atoms with E-state index in [9.17, 15) is 10.1 Å². The molecule has 0 aliphatic carbocycles. The average Bonchev–Trinajstić information content (AvgIpc) is 2.91. The van der Waals surface area contributed by atoms with Crippen LogP contribution < -0.4 is 14.8 Å². The minimum Gasteiger partial charge on any atom is -0.493 e. The Bertz CT molecular complexity index is 891. The third-order valence-electron chi connectivity index (χ3n) is 3.85. The average molecular weight is 369 g/mol. The van der Waals surface area contributed by atoms with Crippen molar-refractivity contribution in [1.82, 2.24) is 0 Å². The topological polar surface area (TPSA) is 95.1 Å². The summed E-state index contributed by atoms with van der Waals surface area (Å²) in [5, 5.41) is 21.5. The Balaban J connectivity index is 1.85. The van der Waals surface area contributed by atoms with Gasteiger partial charge in [-0.15, -0.1) is 11.3 Å². The van der Waals surface area contributed by atoms with Gasteiger partial charge in [0.05, 0.1) is 30.9 Å². The Morgan fingerprint density at radius 2 is 2.00 bits per heavy atom. The van der Waals surface area contributed by atoms with E-state index in [1.165, 1.54) is 18.4 Å². The Morgan fingerprint density at radius 3 is 2.65 bits per heavy atom. The quantitative estimate of drug-likeness (QED) is 0.747. The van der Waals surface area contributed by atoms with Gasteiger partial charge in [-0.1, -0.05) is 0 Å². The maximum atomic E-state index is 12.1. The Hall–Kier alpha value is -3.03. The van der Waals surface area contributed by atoms with E-state index in [0.717, 1.165) is 10.4 Å². The van der Waals surface area contributed by atoms with Gasteiger partial charge >= 0.3 is 0 Å². The van der Waals surface area contributed by atoms with Gasteiger partial charge in [0, 0.05) is 17.4 Å². The third-order valence-corrected chi connectivity index (χ3v) is 4.97.